The maximum atomic E-state index is 11.3. The maximum absolute atomic E-state index is 11.3. The molecule has 0 amide bonds. The van der Waals surface area contributed by atoms with E-state index in [2.05, 4.69) is 25.7 Å². The number of piperazine rings is 1. The molecule has 0 aliphatic carbocycles. The van der Waals surface area contributed by atoms with Gasteiger partial charge in [0.25, 0.3) is 10.2 Å². The van der Waals surface area contributed by atoms with Gasteiger partial charge in [0.2, 0.25) is 0 Å². The molecule has 2 rings (SSSR count). The number of likely N-dealkylation sites (tertiary alicyclic amines) is 1. The molecule has 0 aromatic carbocycles. The van der Waals surface area contributed by atoms with E-state index >= 15 is 0 Å². The number of nitrogens with two attached hydrogens (primary N) is 1. The Morgan fingerprint density at radius 1 is 1.20 bits per heavy atom. The Labute approximate surface area is 91.4 Å². The van der Waals surface area contributed by atoms with Gasteiger partial charge in [0.15, 0.2) is 0 Å². The second-order valence-corrected chi connectivity index (χ2v) is 6.98. The Bertz CT molecular complexity index is 360. The van der Waals surface area contributed by atoms with Gasteiger partial charge in [0.05, 0.1) is 0 Å². The normalized spacial score (nSPS) is 33.9. The Kier molecular flexibility index (Phi) is 2.39. The summed E-state index contributed by atoms with van der Waals surface area (Å²) in [5, 5.41) is 5.16. The molecule has 0 saturated carbocycles. The molecule has 2 N–H and O–H groups in total. The van der Waals surface area contributed by atoms with Crippen molar-refractivity contribution in [3.05, 3.63) is 0 Å². The minimum Gasteiger partial charge on any atom is -0.293 e. The fourth-order valence-corrected chi connectivity index (χ4v) is 3.71. The van der Waals surface area contributed by atoms with Gasteiger partial charge in [0.1, 0.15) is 0 Å². The number of nitrogens with zero attached hydrogens (tertiary/aromatic N) is 2. The summed E-state index contributed by atoms with van der Waals surface area (Å²) >= 11 is 0. The third kappa shape index (κ3) is 1.91. The first-order valence-electron chi connectivity index (χ1n) is 5.26. The van der Waals surface area contributed by atoms with E-state index in [1.807, 2.05) is 0 Å². The van der Waals surface area contributed by atoms with Crippen LogP contribution in [0.5, 0.6) is 0 Å². The van der Waals surface area contributed by atoms with Crippen molar-refractivity contribution in [3.63, 3.8) is 0 Å². The molecule has 0 radical (unpaired) electrons. The van der Waals surface area contributed by atoms with Crippen LogP contribution in [-0.4, -0.2) is 48.3 Å². The number of rotatable bonds is 1. The number of hydrogen-bond donors (Lipinski definition) is 1. The summed E-state index contributed by atoms with van der Waals surface area (Å²) in [4.78, 5) is 2.37. The lowest BCUT2D eigenvalue weighted by Gasteiger charge is -2.41. The molecule has 0 spiro atoms. The fraction of sp³-hybridized carbons (Fsp3) is 1.00. The molecule has 2 heterocycles. The zero-order valence-corrected chi connectivity index (χ0v) is 10.3. The third-order valence-electron chi connectivity index (χ3n) is 3.38. The van der Waals surface area contributed by atoms with E-state index < -0.39 is 10.2 Å². The molecule has 0 aromatic heterocycles. The van der Waals surface area contributed by atoms with E-state index in [9.17, 15) is 8.42 Å². The Morgan fingerprint density at radius 2 is 1.80 bits per heavy atom. The van der Waals surface area contributed by atoms with E-state index in [1.165, 1.54) is 4.31 Å². The van der Waals surface area contributed by atoms with Crippen molar-refractivity contribution >= 4 is 10.2 Å². The molecule has 2 atom stereocenters. The van der Waals surface area contributed by atoms with Crippen LogP contribution in [0.1, 0.15) is 27.2 Å². The SMILES string of the molecule is CC(C)(C)N1C[C@H]2C[C@@H]1CN2S(N)(=O)=O. The second kappa shape index (κ2) is 3.16. The standard InChI is InChI=1S/C9H19N3O2S/c1-9(2,3)11-5-8-4-7(11)6-12(8)15(10,13)14/h7-8H,4-6H2,1-3H3,(H2,10,13,14)/t7-,8-/m1/s1. The first-order valence-corrected chi connectivity index (χ1v) is 6.76. The summed E-state index contributed by atoms with van der Waals surface area (Å²) in [6, 6.07) is 0.428. The quantitative estimate of drug-likeness (QED) is 0.679. The summed E-state index contributed by atoms with van der Waals surface area (Å²) in [7, 11) is -3.50. The van der Waals surface area contributed by atoms with Gasteiger partial charge >= 0.3 is 0 Å². The highest BCUT2D eigenvalue weighted by atomic mass is 32.2. The van der Waals surface area contributed by atoms with Crippen molar-refractivity contribution in [2.75, 3.05) is 13.1 Å². The summed E-state index contributed by atoms with van der Waals surface area (Å²) in [5.74, 6) is 0. The molecule has 2 bridgehead atoms. The van der Waals surface area contributed by atoms with Crippen LogP contribution in [0.2, 0.25) is 0 Å². The molecule has 5 nitrogen and oxygen atoms in total. The maximum Gasteiger partial charge on any atom is 0.277 e. The van der Waals surface area contributed by atoms with Gasteiger partial charge in [-0.3, -0.25) is 4.90 Å². The summed E-state index contributed by atoms with van der Waals surface area (Å²) < 4.78 is 24.0. The molecular weight excluding hydrogens is 214 g/mol. The molecule has 0 unspecified atom stereocenters. The highest BCUT2D eigenvalue weighted by molar-refractivity contribution is 7.86. The highest BCUT2D eigenvalue weighted by Gasteiger charge is 2.49. The third-order valence-corrected chi connectivity index (χ3v) is 4.48. The van der Waals surface area contributed by atoms with Crippen molar-refractivity contribution in [2.45, 2.75) is 44.8 Å². The van der Waals surface area contributed by atoms with E-state index in [1.54, 1.807) is 0 Å². The lowest BCUT2D eigenvalue weighted by atomic mass is 10.0. The lowest BCUT2D eigenvalue weighted by molar-refractivity contribution is 0.0839. The van der Waals surface area contributed by atoms with Crippen LogP contribution in [0.15, 0.2) is 0 Å². The number of hydrogen-bond acceptors (Lipinski definition) is 3. The van der Waals surface area contributed by atoms with Crippen LogP contribution in [0.3, 0.4) is 0 Å². The highest BCUT2D eigenvalue weighted by Crippen LogP contribution is 2.36. The van der Waals surface area contributed by atoms with Gasteiger partial charge in [0, 0.05) is 30.7 Å². The minimum atomic E-state index is -3.50. The average Bonchev–Trinajstić information content (AvgIpc) is 2.57. The van der Waals surface area contributed by atoms with Crippen molar-refractivity contribution in [1.29, 1.82) is 0 Å². The van der Waals surface area contributed by atoms with Crippen LogP contribution in [0, 0.1) is 0 Å². The lowest BCUT2D eigenvalue weighted by Crippen LogP contribution is -2.55. The Morgan fingerprint density at radius 3 is 2.13 bits per heavy atom. The molecule has 2 saturated heterocycles. The predicted molar refractivity (Wildman–Crippen MR) is 58.5 cm³/mol. The van der Waals surface area contributed by atoms with Crippen LogP contribution < -0.4 is 5.14 Å². The first kappa shape index (κ1) is 11.3. The van der Waals surface area contributed by atoms with Gasteiger partial charge in [-0.05, 0) is 27.2 Å². The van der Waals surface area contributed by atoms with E-state index in [0.717, 1.165) is 13.0 Å². The van der Waals surface area contributed by atoms with Crippen molar-refractivity contribution in [3.8, 4) is 0 Å². The van der Waals surface area contributed by atoms with Crippen molar-refractivity contribution in [2.24, 2.45) is 5.14 Å². The van der Waals surface area contributed by atoms with Gasteiger partial charge < -0.3 is 0 Å². The van der Waals surface area contributed by atoms with E-state index in [4.69, 9.17) is 5.14 Å². The summed E-state index contributed by atoms with van der Waals surface area (Å²) in [5.41, 5.74) is 0.115. The monoisotopic (exact) mass is 233 g/mol. The Hall–Kier alpha value is -0.170. The van der Waals surface area contributed by atoms with Crippen LogP contribution in [-0.2, 0) is 10.2 Å². The van der Waals surface area contributed by atoms with Crippen LogP contribution in [0.25, 0.3) is 0 Å². The predicted octanol–water partition coefficient (Wildman–Crippen LogP) is -0.253. The summed E-state index contributed by atoms with van der Waals surface area (Å²) in [6.07, 6.45) is 0.924. The molecule has 2 aliphatic rings. The average molecular weight is 233 g/mol. The molecule has 2 fully saturated rings. The zero-order chi connectivity index (χ0) is 11.4. The van der Waals surface area contributed by atoms with Gasteiger partial charge in [-0.2, -0.15) is 12.7 Å². The van der Waals surface area contributed by atoms with Crippen molar-refractivity contribution in [1.82, 2.24) is 9.21 Å². The van der Waals surface area contributed by atoms with Gasteiger partial charge in [-0.15, -0.1) is 0 Å². The second-order valence-electron chi connectivity index (χ2n) is 5.48. The van der Waals surface area contributed by atoms with Crippen LogP contribution >= 0.6 is 0 Å². The summed E-state index contributed by atoms with van der Waals surface area (Å²) in [6.45, 7) is 7.85. The molecule has 15 heavy (non-hydrogen) atoms. The first-order chi connectivity index (χ1) is 6.69. The van der Waals surface area contributed by atoms with E-state index in [0.29, 0.717) is 12.6 Å². The van der Waals surface area contributed by atoms with Gasteiger partial charge in [-0.25, -0.2) is 5.14 Å². The molecule has 0 aromatic rings. The van der Waals surface area contributed by atoms with Crippen LogP contribution in [0.4, 0.5) is 0 Å². The number of fused-ring (bicyclic) bond motifs is 2. The molecular formula is C9H19N3O2S. The minimum absolute atomic E-state index is 0.0872. The van der Waals surface area contributed by atoms with E-state index in [-0.39, 0.29) is 11.6 Å². The topological polar surface area (TPSA) is 66.6 Å². The fourth-order valence-electron chi connectivity index (χ4n) is 2.76. The molecule has 88 valence electrons. The largest absolute Gasteiger partial charge is 0.293 e. The molecule has 6 heteroatoms. The Balaban J connectivity index is 2.14. The zero-order valence-electron chi connectivity index (χ0n) is 9.47. The smallest absolute Gasteiger partial charge is 0.277 e. The van der Waals surface area contributed by atoms with Gasteiger partial charge in [-0.1, -0.05) is 0 Å². The molecule has 2 aliphatic heterocycles. The van der Waals surface area contributed by atoms with Crippen molar-refractivity contribution < 1.29 is 8.42 Å².